The number of nitrogens with zero attached hydrogens (tertiary/aromatic N) is 3. The summed E-state index contributed by atoms with van der Waals surface area (Å²) in [6.07, 6.45) is 6.37. The first-order valence-corrected chi connectivity index (χ1v) is 11.9. The van der Waals surface area contributed by atoms with Crippen molar-refractivity contribution in [3.05, 3.63) is 46.8 Å². The van der Waals surface area contributed by atoms with Gasteiger partial charge < -0.3 is 14.4 Å². The van der Waals surface area contributed by atoms with Crippen LogP contribution in [-0.2, 0) is 18.2 Å². The monoisotopic (exact) mass is 439 g/mol. The van der Waals surface area contributed by atoms with Crippen LogP contribution in [0.25, 0.3) is 0 Å². The van der Waals surface area contributed by atoms with Crippen molar-refractivity contribution in [1.82, 2.24) is 14.7 Å². The van der Waals surface area contributed by atoms with E-state index in [-0.39, 0.29) is 29.6 Å². The number of benzene rings is 1. The lowest BCUT2D eigenvalue weighted by Crippen LogP contribution is -2.46. The number of fused-ring (bicyclic) bond motifs is 1. The second-order valence-electron chi connectivity index (χ2n) is 10.2. The molecule has 2 aliphatic rings. The molecule has 6 nitrogen and oxygen atoms in total. The number of likely N-dealkylation sites (tertiary alicyclic amines) is 1. The molecule has 1 aromatic heterocycles. The summed E-state index contributed by atoms with van der Waals surface area (Å²) in [7, 11) is 2.03. The largest absolute Gasteiger partial charge is 0.491 e. The fraction of sp³-hybridized carbons (Fsp3) is 0.615. The molecule has 1 saturated heterocycles. The average molecular weight is 440 g/mol. The second kappa shape index (κ2) is 8.89. The third-order valence-electron chi connectivity index (χ3n) is 6.93. The molecule has 1 fully saturated rings. The number of carbonyl (C=O) groups excluding carboxylic acids is 1. The molecule has 1 atom stereocenters. The predicted molar refractivity (Wildman–Crippen MR) is 125 cm³/mol. The number of piperidine rings is 1. The SMILES string of the molecule is Cc1cc(C(=O)N2CCC3(CC2)Cc2c(cnn2C)C(OC(C)C)C3)ccc1OC(C)C. The van der Waals surface area contributed by atoms with Crippen molar-refractivity contribution < 1.29 is 14.3 Å². The van der Waals surface area contributed by atoms with Crippen molar-refractivity contribution in [3.63, 3.8) is 0 Å². The van der Waals surface area contributed by atoms with Gasteiger partial charge in [0.25, 0.3) is 5.91 Å². The van der Waals surface area contributed by atoms with E-state index in [1.165, 1.54) is 11.3 Å². The van der Waals surface area contributed by atoms with Gasteiger partial charge in [-0.25, -0.2) is 0 Å². The molecular formula is C26H37N3O3. The second-order valence-corrected chi connectivity index (χ2v) is 10.2. The van der Waals surface area contributed by atoms with E-state index in [0.29, 0.717) is 0 Å². The van der Waals surface area contributed by atoms with Gasteiger partial charge in [-0.2, -0.15) is 5.10 Å². The Morgan fingerprint density at radius 3 is 2.50 bits per heavy atom. The topological polar surface area (TPSA) is 56.6 Å². The zero-order chi connectivity index (χ0) is 23.0. The number of aryl methyl sites for hydroxylation is 2. The highest BCUT2D eigenvalue weighted by molar-refractivity contribution is 5.94. The Kier molecular flexibility index (Phi) is 6.35. The van der Waals surface area contributed by atoms with E-state index in [2.05, 4.69) is 18.9 Å². The Hall–Kier alpha value is -2.34. The molecule has 1 unspecified atom stereocenters. The molecule has 6 heteroatoms. The molecule has 1 aliphatic heterocycles. The Balaban J connectivity index is 1.46. The molecule has 0 N–H and O–H groups in total. The van der Waals surface area contributed by atoms with Crippen molar-refractivity contribution in [2.24, 2.45) is 12.5 Å². The molecule has 1 amide bonds. The Morgan fingerprint density at radius 2 is 1.88 bits per heavy atom. The lowest BCUT2D eigenvalue weighted by molar-refractivity contribution is -0.0443. The number of carbonyl (C=O) groups is 1. The van der Waals surface area contributed by atoms with Gasteiger partial charge >= 0.3 is 0 Å². The fourth-order valence-corrected chi connectivity index (χ4v) is 5.26. The first kappa shape index (κ1) is 22.8. The molecule has 4 rings (SSSR count). The van der Waals surface area contributed by atoms with Gasteiger partial charge in [-0.3, -0.25) is 9.48 Å². The molecule has 1 spiro atoms. The van der Waals surface area contributed by atoms with Crippen molar-refractivity contribution in [2.45, 2.75) is 78.6 Å². The summed E-state index contributed by atoms with van der Waals surface area (Å²) in [5.41, 5.74) is 4.44. The third-order valence-corrected chi connectivity index (χ3v) is 6.93. The standard InChI is InChI=1S/C26H37N3O3/c1-17(2)31-23-8-7-20(13-19(23)5)25(30)29-11-9-26(10-12-29)14-22-21(16-27-28(22)6)24(15-26)32-18(3)4/h7-8,13,16-18,24H,9-12,14-15H2,1-6H3. The maximum atomic E-state index is 13.2. The minimum absolute atomic E-state index is 0.0888. The molecule has 0 radical (unpaired) electrons. The van der Waals surface area contributed by atoms with Crippen molar-refractivity contribution in [3.8, 4) is 5.75 Å². The van der Waals surface area contributed by atoms with Crippen LogP contribution in [0, 0.1) is 12.3 Å². The first-order chi connectivity index (χ1) is 15.2. The molecule has 2 heterocycles. The van der Waals surface area contributed by atoms with Crippen LogP contribution in [0.5, 0.6) is 5.75 Å². The van der Waals surface area contributed by atoms with Crippen LogP contribution >= 0.6 is 0 Å². The quantitative estimate of drug-likeness (QED) is 0.668. The lowest BCUT2D eigenvalue weighted by atomic mass is 9.66. The fourth-order valence-electron chi connectivity index (χ4n) is 5.26. The van der Waals surface area contributed by atoms with Gasteiger partial charge in [0, 0.05) is 37.0 Å². The van der Waals surface area contributed by atoms with Crippen molar-refractivity contribution in [2.75, 3.05) is 13.1 Å². The van der Waals surface area contributed by atoms with Crippen LogP contribution in [0.2, 0.25) is 0 Å². The Bertz CT molecular complexity index is 971. The molecule has 2 aromatic rings. The van der Waals surface area contributed by atoms with Crippen LogP contribution in [0.3, 0.4) is 0 Å². The third kappa shape index (κ3) is 4.56. The predicted octanol–water partition coefficient (Wildman–Crippen LogP) is 4.85. The molecular weight excluding hydrogens is 402 g/mol. The summed E-state index contributed by atoms with van der Waals surface area (Å²) in [5, 5.41) is 4.51. The molecule has 1 aliphatic carbocycles. The van der Waals surface area contributed by atoms with E-state index in [0.717, 1.165) is 55.6 Å². The van der Waals surface area contributed by atoms with Crippen LogP contribution < -0.4 is 4.74 Å². The summed E-state index contributed by atoms with van der Waals surface area (Å²) in [4.78, 5) is 15.2. The zero-order valence-electron chi connectivity index (χ0n) is 20.4. The number of amides is 1. The summed E-state index contributed by atoms with van der Waals surface area (Å²) in [6.45, 7) is 11.8. The lowest BCUT2D eigenvalue weighted by Gasteiger charge is -2.46. The molecule has 0 bridgehead atoms. The van der Waals surface area contributed by atoms with Crippen molar-refractivity contribution >= 4 is 5.91 Å². The van der Waals surface area contributed by atoms with Gasteiger partial charge in [-0.1, -0.05) is 0 Å². The van der Waals surface area contributed by atoms with E-state index in [1.807, 2.05) is 61.8 Å². The summed E-state index contributed by atoms with van der Waals surface area (Å²) in [5.74, 6) is 0.964. The average Bonchev–Trinajstić information content (AvgIpc) is 3.09. The number of aromatic nitrogens is 2. The summed E-state index contributed by atoms with van der Waals surface area (Å²) < 4.78 is 14.1. The van der Waals surface area contributed by atoms with Crippen LogP contribution in [0.1, 0.15) is 80.2 Å². The van der Waals surface area contributed by atoms with Gasteiger partial charge in [0.2, 0.25) is 0 Å². The van der Waals surface area contributed by atoms with E-state index in [4.69, 9.17) is 9.47 Å². The normalized spacial score (nSPS) is 20.1. The van der Waals surface area contributed by atoms with E-state index in [1.54, 1.807) is 0 Å². The molecule has 1 aromatic carbocycles. The van der Waals surface area contributed by atoms with Crippen LogP contribution in [0.4, 0.5) is 0 Å². The van der Waals surface area contributed by atoms with Gasteiger partial charge in [0.15, 0.2) is 0 Å². The highest BCUT2D eigenvalue weighted by Crippen LogP contribution is 2.49. The smallest absolute Gasteiger partial charge is 0.253 e. The van der Waals surface area contributed by atoms with E-state index < -0.39 is 0 Å². The molecule has 0 saturated carbocycles. The minimum Gasteiger partial charge on any atom is -0.491 e. The molecule has 174 valence electrons. The van der Waals surface area contributed by atoms with Gasteiger partial charge in [0.1, 0.15) is 5.75 Å². The number of hydrogen-bond donors (Lipinski definition) is 0. The van der Waals surface area contributed by atoms with Gasteiger partial charge in [-0.15, -0.1) is 0 Å². The summed E-state index contributed by atoms with van der Waals surface area (Å²) in [6, 6.07) is 5.78. The van der Waals surface area contributed by atoms with E-state index >= 15 is 0 Å². The highest BCUT2D eigenvalue weighted by Gasteiger charge is 2.44. The Labute approximate surface area is 191 Å². The Morgan fingerprint density at radius 1 is 1.16 bits per heavy atom. The van der Waals surface area contributed by atoms with Gasteiger partial charge in [0.05, 0.1) is 24.5 Å². The van der Waals surface area contributed by atoms with E-state index in [9.17, 15) is 4.79 Å². The maximum absolute atomic E-state index is 13.2. The number of rotatable bonds is 5. The first-order valence-electron chi connectivity index (χ1n) is 11.9. The summed E-state index contributed by atoms with van der Waals surface area (Å²) >= 11 is 0. The zero-order valence-corrected chi connectivity index (χ0v) is 20.4. The van der Waals surface area contributed by atoms with Crippen LogP contribution in [-0.4, -0.2) is 45.9 Å². The van der Waals surface area contributed by atoms with Gasteiger partial charge in [-0.05, 0) is 89.5 Å². The molecule has 32 heavy (non-hydrogen) atoms. The van der Waals surface area contributed by atoms with Crippen molar-refractivity contribution in [1.29, 1.82) is 0 Å². The van der Waals surface area contributed by atoms with Crippen LogP contribution in [0.15, 0.2) is 24.4 Å². The number of ether oxygens (including phenoxy) is 2. The number of hydrogen-bond acceptors (Lipinski definition) is 4. The minimum atomic E-state index is 0.0888. The highest BCUT2D eigenvalue weighted by atomic mass is 16.5. The maximum Gasteiger partial charge on any atom is 0.253 e.